The van der Waals surface area contributed by atoms with E-state index >= 15 is 0 Å². The number of ether oxygens (including phenoxy) is 1. The van der Waals surface area contributed by atoms with Crippen molar-refractivity contribution in [3.63, 3.8) is 0 Å². The van der Waals surface area contributed by atoms with Crippen LogP contribution in [0.1, 0.15) is 35.6 Å². The second kappa shape index (κ2) is 8.36. The number of anilines is 1. The van der Waals surface area contributed by atoms with E-state index < -0.39 is 0 Å². The average Bonchev–Trinajstić information content (AvgIpc) is 3.15. The highest BCUT2D eigenvalue weighted by Gasteiger charge is 2.18. The number of nitrogens with one attached hydrogen (secondary N) is 4. The van der Waals surface area contributed by atoms with Crippen LogP contribution in [0.4, 0.5) is 5.82 Å². The maximum atomic E-state index is 12.5. The van der Waals surface area contributed by atoms with Crippen molar-refractivity contribution < 1.29 is 4.74 Å². The van der Waals surface area contributed by atoms with Crippen LogP contribution in [0.25, 0.3) is 11.4 Å². The largest absolute Gasteiger partial charge is 0.381 e. The molecule has 4 N–H and O–H groups in total. The molecule has 150 valence electrons. The topological polar surface area (TPSA) is 132 Å². The minimum atomic E-state index is -0.328. The standard InChI is InChI=1S/C20H23N7O2/c1-12-22-19(27-26-12)15-5-3-2-4-13(15)10-17-24-18(16(11-21)20(28)25-17)23-14-6-8-29-9-7-14/h2-5,11,14,21H,6-10H2,1H3,(H,22,26,27)(H2,23,24,25,28). The average molecular weight is 393 g/mol. The molecule has 0 bridgehead atoms. The molecule has 1 fully saturated rings. The van der Waals surface area contributed by atoms with E-state index in [0.717, 1.165) is 36.0 Å². The van der Waals surface area contributed by atoms with E-state index in [4.69, 9.17) is 10.1 Å². The molecular formula is C20H23N7O2. The number of aromatic amines is 2. The number of benzene rings is 1. The van der Waals surface area contributed by atoms with Crippen LogP contribution in [-0.2, 0) is 11.2 Å². The molecule has 3 heterocycles. The Hall–Kier alpha value is -3.33. The zero-order valence-corrected chi connectivity index (χ0v) is 16.2. The fourth-order valence-corrected chi connectivity index (χ4v) is 3.43. The number of aryl methyl sites for hydroxylation is 1. The Kier molecular flexibility index (Phi) is 5.48. The molecule has 3 aromatic rings. The lowest BCUT2D eigenvalue weighted by atomic mass is 10.0. The summed E-state index contributed by atoms with van der Waals surface area (Å²) in [6.07, 6.45) is 3.14. The third kappa shape index (κ3) is 4.24. The summed E-state index contributed by atoms with van der Waals surface area (Å²) in [6, 6.07) is 7.95. The van der Waals surface area contributed by atoms with Gasteiger partial charge in [-0.1, -0.05) is 24.3 Å². The molecule has 0 saturated carbocycles. The van der Waals surface area contributed by atoms with Crippen molar-refractivity contribution >= 4 is 12.0 Å². The minimum Gasteiger partial charge on any atom is -0.381 e. The van der Waals surface area contributed by atoms with E-state index in [9.17, 15) is 4.79 Å². The van der Waals surface area contributed by atoms with Gasteiger partial charge in [-0.2, -0.15) is 5.10 Å². The summed E-state index contributed by atoms with van der Waals surface area (Å²) in [4.78, 5) is 24.4. The first-order chi connectivity index (χ1) is 14.1. The smallest absolute Gasteiger partial charge is 0.261 e. The maximum absolute atomic E-state index is 12.5. The molecular weight excluding hydrogens is 370 g/mol. The summed E-state index contributed by atoms with van der Waals surface area (Å²) in [7, 11) is 0. The van der Waals surface area contributed by atoms with Crippen LogP contribution in [0.5, 0.6) is 0 Å². The molecule has 1 aliphatic rings. The van der Waals surface area contributed by atoms with Gasteiger partial charge in [0.05, 0.1) is 5.56 Å². The third-order valence-corrected chi connectivity index (χ3v) is 4.92. The van der Waals surface area contributed by atoms with Gasteiger partial charge in [-0.25, -0.2) is 9.97 Å². The van der Waals surface area contributed by atoms with Crippen LogP contribution in [0.2, 0.25) is 0 Å². The molecule has 2 aromatic heterocycles. The predicted octanol–water partition coefficient (Wildman–Crippen LogP) is 2.04. The summed E-state index contributed by atoms with van der Waals surface area (Å²) in [5, 5.41) is 18.0. The zero-order valence-electron chi connectivity index (χ0n) is 16.2. The summed E-state index contributed by atoms with van der Waals surface area (Å²) < 4.78 is 5.39. The summed E-state index contributed by atoms with van der Waals surface area (Å²) in [5.74, 6) is 2.31. The third-order valence-electron chi connectivity index (χ3n) is 4.92. The van der Waals surface area contributed by atoms with Crippen molar-refractivity contribution in [1.29, 1.82) is 5.41 Å². The van der Waals surface area contributed by atoms with Gasteiger partial charge in [0.2, 0.25) is 0 Å². The monoisotopic (exact) mass is 393 g/mol. The SMILES string of the molecule is Cc1nc(-c2ccccc2Cc2nc(NC3CCOCC3)c(C=N)c(=O)[nH]2)n[nH]1. The van der Waals surface area contributed by atoms with E-state index in [0.29, 0.717) is 37.1 Å². The number of hydrogen-bond acceptors (Lipinski definition) is 7. The summed E-state index contributed by atoms with van der Waals surface area (Å²) >= 11 is 0. The van der Waals surface area contributed by atoms with E-state index in [1.54, 1.807) is 0 Å². The molecule has 0 radical (unpaired) electrons. The Morgan fingerprint density at radius 1 is 1.28 bits per heavy atom. The molecule has 0 atom stereocenters. The van der Waals surface area contributed by atoms with Gasteiger partial charge in [0, 0.05) is 37.5 Å². The van der Waals surface area contributed by atoms with Gasteiger partial charge in [0.1, 0.15) is 17.5 Å². The number of H-pyrrole nitrogens is 2. The quantitative estimate of drug-likeness (QED) is 0.474. The Balaban J connectivity index is 1.66. The molecule has 1 aromatic carbocycles. The first kappa shape index (κ1) is 19.0. The number of hydrogen-bond donors (Lipinski definition) is 4. The normalized spacial score (nSPS) is 14.7. The second-order valence-electron chi connectivity index (χ2n) is 7.03. The van der Waals surface area contributed by atoms with Crippen LogP contribution in [0.15, 0.2) is 29.1 Å². The first-order valence-corrected chi connectivity index (χ1v) is 9.59. The number of rotatable bonds is 6. The van der Waals surface area contributed by atoms with Gasteiger partial charge >= 0.3 is 0 Å². The summed E-state index contributed by atoms with van der Waals surface area (Å²) in [5.41, 5.74) is 1.74. The van der Waals surface area contributed by atoms with Gasteiger partial charge in [-0.3, -0.25) is 9.89 Å². The van der Waals surface area contributed by atoms with Crippen molar-refractivity contribution in [3.05, 3.63) is 57.4 Å². The Labute approximate surface area is 167 Å². The fraction of sp³-hybridized carbons (Fsp3) is 0.350. The van der Waals surface area contributed by atoms with Crippen molar-refractivity contribution in [1.82, 2.24) is 25.1 Å². The number of aromatic nitrogens is 5. The van der Waals surface area contributed by atoms with E-state index in [1.165, 1.54) is 0 Å². The van der Waals surface area contributed by atoms with E-state index in [2.05, 4.69) is 30.5 Å². The lowest BCUT2D eigenvalue weighted by Gasteiger charge is -2.24. The number of nitrogens with zero attached hydrogens (tertiary/aromatic N) is 3. The highest BCUT2D eigenvalue weighted by atomic mass is 16.5. The molecule has 9 nitrogen and oxygen atoms in total. The van der Waals surface area contributed by atoms with Crippen molar-refractivity contribution in [2.24, 2.45) is 0 Å². The van der Waals surface area contributed by atoms with Crippen molar-refractivity contribution in [3.8, 4) is 11.4 Å². The molecule has 0 aliphatic carbocycles. The van der Waals surface area contributed by atoms with Gasteiger partial charge in [0.25, 0.3) is 5.56 Å². The summed E-state index contributed by atoms with van der Waals surface area (Å²) in [6.45, 7) is 3.21. The second-order valence-corrected chi connectivity index (χ2v) is 7.03. The van der Waals surface area contributed by atoms with Crippen LogP contribution in [0.3, 0.4) is 0 Å². The molecule has 29 heavy (non-hydrogen) atoms. The van der Waals surface area contributed by atoms with E-state index in [1.807, 2.05) is 31.2 Å². The van der Waals surface area contributed by atoms with E-state index in [-0.39, 0.29) is 17.2 Å². The fourth-order valence-electron chi connectivity index (χ4n) is 3.43. The Morgan fingerprint density at radius 2 is 2.07 bits per heavy atom. The molecule has 9 heteroatoms. The molecule has 4 rings (SSSR count). The van der Waals surface area contributed by atoms with Crippen LogP contribution < -0.4 is 10.9 Å². The molecule has 0 unspecified atom stereocenters. The van der Waals surface area contributed by atoms with Crippen LogP contribution >= 0.6 is 0 Å². The van der Waals surface area contributed by atoms with Gasteiger partial charge in [-0.05, 0) is 25.3 Å². The lowest BCUT2D eigenvalue weighted by molar-refractivity contribution is 0.0904. The molecule has 0 amide bonds. The minimum absolute atomic E-state index is 0.174. The maximum Gasteiger partial charge on any atom is 0.261 e. The highest BCUT2D eigenvalue weighted by Crippen LogP contribution is 2.22. The van der Waals surface area contributed by atoms with Gasteiger partial charge in [-0.15, -0.1) is 0 Å². The van der Waals surface area contributed by atoms with Gasteiger partial charge < -0.3 is 20.4 Å². The lowest BCUT2D eigenvalue weighted by Crippen LogP contribution is -2.30. The van der Waals surface area contributed by atoms with Crippen molar-refractivity contribution in [2.45, 2.75) is 32.2 Å². The zero-order chi connectivity index (χ0) is 20.2. The molecule has 0 spiro atoms. The highest BCUT2D eigenvalue weighted by molar-refractivity contribution is 5.83. The van der Waals surface area contributed by atoms with Crippen molar-refractivity contribution in [2.75, 3.05) is 18.5 Å². The van der Waals surface area contributed by atoms with Crippen LogP contribution in [-0.4, -0.2) is 50.6 Å². The Morgan fingerprint density at radius 3 is 2.79 bits per heavy atom. The van der Waals surface area contributed by atoms with Gasteiger partial charge in [0.15, 0.2) is 5.82 Å². The molecule has 1 aliphatic heterocycles. The molecule has 1 saturated heterocycles. The first-order valence-electron chi connectivity index (χ1n) is 9.59. The Bertz CT molecular complexity index is 1070. The predicted molar refractivity (Wildman–Crippen MR) is 110 cm³/mol. The van der Waals surface area contributed by atoms with Crippen LogP contribution in [0, 0.1) is 12.3 Å².